The Morgan fingerprint density at radius 1 is 1.37 bits per heavy atom. The highest BCUT2D eigenvalue weighted by Crippen LogP contribution is 2.35. The molecule has 1 aromatic rings. The molecule has 0 saturated carbocycles. The predicted octanol–water partition coefficient (Wildman–Crippen LogP) is 1.57. The van der Waals surface area contributed by atoms with E-state index in [4.69, 9.17) is 4.74 Å². The van der Waals surface area contributed by atoms with E-state index in [-0.39, 0.29) is 5.71 Å². The maximum atomic E-state index is 12.6. The van der Waals surface area contributed by atoms with Crippen LogP contribution in [0.5, 0.6) is 5.75 Å². The van der Waals surface area contributed by atoms with Crippen molar-refractivity contribution in [3.8, 4) is 5.75 Å². The van der Waals surface area contributed by atoms with E-state index in [0.717, 1.165) is 17.7 Å². The summed E-state index contributed by atoms with van der Waals surface area (Å²) in [4.78, 5) is 0. The SMILES string of the molecule is OC1(C(F)(F)F)CC(c2ccc3c(c2)CCO3)=NN1. The van der Waals surface area contributed by atoms with Gasteiger partial charge in [-0.2, -0.15) is 18.3 Å². The van der Waals surface area contributed by atoms with Crippen molar-refractivity contribution in [1.82, 2.24) is 5.43 Å². The zero-order valence-corrected chi connectivity index (χ0v) is 9.79. The number of aliphatic hydroxyl groups is 1. The monoisotopic (exact) mass is 272 g/mol. The number of hydrazone groups is 1. The molecule has 2 N–H and O–H groups in total. The molecule has 1 unspecified atom stereocenters. The molecule has 0 aliphatic carbocycles. The number of fused-ring (bicyclic) bond motifs is 1. The Bertz CT molecular complexity index is 556. The molecule has 3 rings (SSSR count). The van der Waals surface area contributed by atoms with Crippen LogP contribution in [-0.2, 0) is 6.42 Å². The third kappa shape index (κ3) is 1.94. The second-order valence-corrected chi connectivity index (χ2v) is 4.63. The van der Waals surface area contributed by atoms with E-state index in [1.54, 1.807) is 23.6 Å². The fraction of sp³-hybridized carbons (Fsp3) is 0.417. The molecule has 19 heavy (non-hydrogen) atoms. The number of ether oxygens (including phenoxy) is 1. The normalized spacial score (nSPS) is 25.6. The number of hydrogen-bond acceptors (Lipinski definition) is 4. The Morgan fingerprint density at radius 2 is 2.16 bits per heavy atom. The van der Waals surface area contributed by atoms with Crippen molar-refractivity contribution >= 4 is 5.71 Å². The number of alkyl halides is 3. The lowest BCUT2D eigenvalue weighted by Gasteiger charge is -2.24. The first-order valence-corrected chi connectivity index (χ1v) is 5.78. The van der Waals surface area contributed by atoms with Gasteiger partial charge in [0.05, 0.1) is 18.7 Å². The average Bonchev–Trinajstić information content (AvgIpc) is 2.93. The maximum Gasteiger partial charge on any atom is 0.438 e. The summed E-state index contributed by atoms with van der Waals surface area (Å²) in [5.41, 5.74) is 0.505. The van der Waals surface area contributed by atoms with E-state index < -0.39 is 18.3 Å². The van der Waals surface area contributed by atoms with Crippen LogP contribution < -0.4 is 10.2 Å². The van der Waals surface area contributed by atoms with Gasteiger partial charge in [-0.25, -0.2) is 0 Å². The Morgan fingerprint density at radius 3 is 2.84 bits per heavy atom. The second-order valence-electron chi connectivity index (χ2n) is 4.63. The van der Waals surface area contributed by atoms with Gasteiger partial charge in [0.2, 0.25) is 0 Å². The van der Waals surface area contributed by atoms with E-state index in [1.165, 1.54) is 0 Å². The second kappa shape index (κ2) is 3.86. The highest BCUT2D eigenvalue weighted by Gasteiger charge is 2.57. The van der Waals surface area contributed by atoms with Gasteiger partial charge in [-0.15, -0.1) is 0 Å². The van der Waals surface area contributed by atoms with Crippen LogP contribution in [0.4, 0.5) is 13.2 Å². The summed E-state index contributed by atoms with van der Waals surface area (Å²) in [6.07, 6.45) is -4.64. The molecule has 0 radical (unpaired) electrons. The van der Waals surface area contributed by atoms with Crippen LogP contribution in [0.15, 0.2) is 23.3 Å². The van der Waals surface area contributed by atoms with Crippen LogP contribution in [0, 0.1) is 0 Å². The molecule has 0 fully saturated rings. The third-order valence-electron chi connectivity index (χ3n) is 3.29. The van der Waals surface area contributed by atoms with Crippen LogP contribution >= 0.6 is 0 Å². The largest absolute Gasteiger partial charge is 0.493 e. The molecule has 7 heteroatoms. The molecule has 2 aliphatic rings. The average molecular weight is 272 g/mol. The highest BCUT2D eigenvalue weighted by atomic mass is 19.4. The van der Waals surface area contributed by atoms with Crippen LogP contribution in [-0.4, -0.2) is 29.3 Å². The number of hydrogen-bond donors (Lipinski definition) is 2. The van der Waals surface area contributed by atoms with Crippen molar-refractivity contribution in [2.24, 2.45) is 5.10 Å². The van der Waals surface area contributed by atoms with Gasteiger partial charge in [0.15, 0.2) is 0 Å². The van der Waals surface area contributed by atoms with Gasteiger partial charge in [0.1, 0.15) is 5.75 Å². The topological polar surface area (TPSA) is 53.9 Å². The lowest BCUT2D eigenvalue weighted by atomic mass is 9.99. The van der Waals surface area contributed by atoms with Gasteiger partial charge in [0.25, 0.3) is 5.72 Å². The molecule has 102 valence electrons. The first-order chi connectivity index (χ1) is 8.89. The third-order valence-corrected chi connectivity index (χ3v) is 3.29. The Hall–Kier alpha value is -1.76. The van der Waals surface area contributed by atoms with Crippen molar-refractivity contribution in [3.05, 3.63) is 29.3 Å². The number of halogens is 3. The summed E-state index contributed by atoms with van der Waals surface area (Å²) in [7, 11) is 0. The van der Waals surface area contributed by atoms with Crippen LogP contribution in [0.3, 0.4) is 0 Å². The summed E-state index contributed by atoms with van der Waals surface area (Å²) >= 11 is 0. The molecule has 0 spiro atoms. The molecule has 0 aromatic heterocycles. The van der Waals surface area contributed by atoms with Crippen molar-refractivity contribution in [1.29, 1.82) is 0 Å². The van der Waals surface area contributed by atoms with E-state index >= 15 is 0 Å². The molecular formula is C12H11F3N2O2. The standard InChI is InChI=1S/C12H11F3N2O2/c13-12(14,15)11(18)6-9(16-17-11)7-1-2-10-8(5-7)3-4-19-10/h1-2,5,17-18H,3-4,6H2. The molecule has 1 atom stereocenters. The highest BCUT2D eigenvalue weighted by molar-refractivity contribution is 6.02. The number of nitrogens with one attached hydrogen (secondary N) is 1. The lowest BCUT2D eigenvalue weighted by Crippen LogP contribution is -2.52. The van der Waals surface area contributed by atoms with Crippen molar-refractivity contribution in [3.63, 3.8) is 0 Å². The summed E-state index contributed by atoms with van der Waals surface area (Å²) in [6.45, 7) is 0.579. The Balaban J connectivity index is 1.86. The molecule has 4 nitrogen and oxygen atoms in total. The van der Waals surface area contributed by atoms with Gasteiger partial charge in [-0.3, -0.25) is 5.43 Å². The molecule has 0 amide bonds. The number of rotatable bonds is 1. The predicted molar refractivity (Wildman–Crippen MR) is 60.9 cm³/mol. The summed E-state index contributed by atoms with van der Waals surface area (Å²) in [5, 5.41) is 13.1. The smallest absolute Gasteiger partial charge is 0.438 e. The first-order valence-electron chi connectivity index (χ1n) is 5.78. The minimum absolute atomic E-state index is 0.189. The van der Waals surface area contributed by atoms with Gasteiger partial charge >= 0.3 is 6.18 Å². The fourth-order valence-corrected chi connectivity index (χ4v) is 2.18. The molecule has 2 aliphatic heterocycles. The Kier molecular flexibility index (Phi) is 2.50. The molecular weight excluding hydrogens is 261 g/mol. The van der Waals surface area contributed by atoms with Gasteiger partial charge < -0.3 is 9.84 Å². The molecule has 0 saturated heterocycles. The lowest BCUT2D eigenvalue weighted by molar-refractivity contribution is -0.266. The zero-order valence-electron chi connectivity index (χ0n) is 9.79. The minimum Gasteiger partial charge on any atom is -0.493 e. The van der Waals surface area contributed by atoms with E-state index in [2.05, 4.69) is 5.10 Å². The van der Waals surface area contributed by atoms with Crippen molar-refractivity contribution < 1.29 is 23.0 Å². The molecule has 1 aromatic carbocycles. The quantitative estimate of drug-likeness (QED) is 0.816. The zero-order chi connectivity index (χ0) is 13.7. The number of nitrogens with zero attached hydrogens (tertiary/aromatic N) is 1. The van der Waals surface area contributed by atoms with E-state index in [9.17, 15) is 18.3 Å². The minimum atomic E-state index is -4.77. The summed E-state index contributed by atoms with van der Waals surface area (Å²) < 4.78 is 43.3. The Labute approximate surface area is 106 Å². The summed E-state index contributed by atoms with van der Waals surface area (Å²) in [6, 6.07) is 5.11. The van der Waals surface area contributed by atoms with Crippen molar-refractivity contribution in [2.45, 2.75) is 24.7 Å². The van der Waals surface area contributed by atoms with Crippen LogP contribution in [0.2, 0.25) is 0 Å². The first kappa shape index (κ1) is 12.3. The van der Waals surface area contributed by atoms with Gasteiger partial charge in [-0.05, 0) is 29.3 Å². The van der Waals surface area contributed by atoms with E-state index in [0.29, 0.717) is 12.2 Å². The summed E-state index contributed by atoms with van der Waals surface area (Å²) in [5.74, 6) is 0.751. The maximum absolute atomic E-state index is 12.6. The van der Waals surface area contributed by atoms with Crippen molar-refractivity contribution in [2.75, 3.05) is 6.61 Å². The van der Waals surface area contributed by atoms with Crippen LogP contribution in [0.1, 0.15) is 17.5 Å². The van der Waals surface area contributed by atoms with Gasteiger partial charge in [0, 0.05) is 6.42 Å². The molecule has 0 bridgehead atoms. The molecule has 2 heterocycles. The number of benzene rings is 1. The van der Waals surface area contributed by atoms with Gasteiger partial charge in [-0.1, -0.05) is 0 Å². The van der Waals surface area contributed by atoms with Crippen LogP contribution in [0.25, 0.3) is 0 Å². The fourth-order valence-electron chi connectivity index (χ4n) is 2.18. The van der Waals surface area contributed by atoms with E-state index in [1.807, 2.05) is 0 Å².